The van der Waals surface area contributed by atoms with Crippen molar-refractivity contribution in [2.75, 3.05) is 7.11 Å². The van der Waals surface area contributed by atoms with Crippen molar-refractivity contribution < 1.29 is 19.2 Å². The van der Waals surface area contributed by atoms with E-state index in [1.54, 1.807) is 0 Å². The van der Waals surface area contributed by atoms with Crippen LogP contribution in [0.25, 0.3) is 0 Å². The fourth-order valence-electron chi connectivity index (χ4n) is 0.310. The van der Waals surface area contributed by atoms with E-state index >= 15 is 0 Å². The molecule has 0 aliphatic rings. The number of ether oxygens (including phenoxy) is 1. The molecule has 64 valence electrons. The van der Waals surface area contributed by atoms with E-state index in [0.29, 0.717) is 0 Å². The first-order valence-electron chi connectivity index (χ1n) is 2.85. The zero-order valence-electron chi connectivity index (χ0n) is 6.53. The minimum absolute atomic E-state index is 0.604. The van der Waals surface area contributed by atoms with Crippen LogP contribution in [0.4, 0.5) is 0 Å². The number of esters is 1. The Labute approximate surface area is 68.4 Å². The van der Waals surface area contributed by atoms with E-state index in [4.69, 9.17) is 5.26 Å². The molecule has 12 heavy (non-hydrogen) atoms. The van der Waals surface area contributed by atoms with E-state index in [0.717, 1.165) is 14.0 Å². The predicted molar refractivity (Wildman–Crippen MR) is 36.8 cm³/mol. The maximum absolute atomic E-state index is 10.6. The lowest BCUT2D eigenvalue weighted by Crippen LogP contribution is -2.14. The molecule has 6 nitrogen and oxygen atoms in total. The molecule has 0 aromatic heterocycles. The van der Waals surface area contributed by atoms with Gasteiger partial charge in [0.15, 0.2) is 0 Å². The standard InChI is InChI=1S/C6H6N2O4/c1-4(9)12-8-5(3-7)6(10)11-2/h1-2H3. The molecule has 0 atom stereocenters. The minimum atomic E-state index is -0.946. The van der Waals surface area contributed by atoms with Gasteiger partial charge in [0.25, 0.3) is 5.71 Å². The summed E-state index contributed by atoms with van der Waals surface area (Å²) in [5.74, 6) is -1.66. The quantitative estimate of drug-likeness (QED) is 0.243. The normalized spacial score (nSPS) is 9.92. The lowest BCUT2D eigenvalue weighted by atomic mass is 10.4. The maximum atomic E-state index is 10.6. The van der Waals surface area contributed by atoms with E-state index in [1.165, 1.54) is 6.07 Å². The summed E-state index contributed by atoms with van der Waals surface area (Å²) in [4.78, 5) is 24.8. The summed E-state index contributed by atoms with van der Waals surface area (Å²) in [5, 5.41) is 11.2. The molecule has 0 spiro atoms. The van der Waals surface area contributed by atoms with Crippen molar-refractivity contribution in [3.8, 4) is 6.07 Å². The van der Waals surface area contributed by atoms with Crippen molar-refractivity contribution in [2.24, 2.45) is 5.16 Å². The zero-order chi connectivity index (χ0) is 9.56. The molecule has 6 heteroatoms. The third-order valence-electron chi connectivity index (χ3n) is 0.750. The zero-order valence-corrected chi connectivity index (χ0v) is 6.53. The fraction of sp³-hybridized carbons (Fsp3) is 0.333. The van der Waals surface area contributed by atoms with Gasteiger partial charge in [-0.25, -0.2) is 9.59 Å². The summed E-state index contributed by atoms with van der Waals surface area (Å²) >= 11 is 0. The Morgan fingerprint density at radius 2 is 2.08 bits per heavy atom. The molecule has 0 bridgehead atoms. The van der Waals surface area contributed by atoms with Crippen molar-refractivity contribution in [1.82, 2.24) is 0 Å². The number of hydrogen-bond donors (Lipinski definition) is 0. The Morgan fingerprint density at radius 3 is 2.42 bits per heavy atom. The average Bonchev–Trinajstić information content (AvgIpc) is 2.04. The summed E-state index contributed by atoms with van der Waals surface area (Å²) in [7, 11) is 1.09. The molecule has 0 rings (SSSR count). The lowest BCUT2D eigenvalue weighted by molar-refractivity contribution is -0.141. The van der Waals surface area contributed by atoms with Gasteiger partial charge in [0.1, 0.15) is 6.07 Å². The van der Waals surface area contributed by atoms with Crippen LogP contribution < -0.4 is 0 Å². The van der Waals surface area contributed by atoms with Gasteiger partial charge in [-0.05, 0) is 0 Å². The lowest BCUT2D eigenvalue weighted by Gasteiger charge is -1.93. The molecule has 0 amide bonds. The van der Waals surface area contributed by atoms with Crippen LogP contribution in [0, 0.1) is 11.3 Å². The van der Waals surface area contributed by atoms with Crippen LogP contribution in [0.5, 0.6) is 0 Å². The van der Waals surface area contributed by atoms with Crippen molar-refractivity contribution in [3.63, 3.8) is 0 Å². The number of carbonyl (C=O) groups is 2. The third-order valence-corrected chi connectivity index (χ3v) is 0.750. The van der Waals surface area contributed by atoms with E-state index in [9.17, 15) is 9.59 Å². The Balaban J connectivity index is 4.36. The van der Waals surface area contributed by atoms with Gasteiger partial charge >= 0.3 is 11.9 Å². The number of nitriles is 1. The number of methoxy groups -OCH3 is 1. The van der Waals surface area contributed by atoms with E-state index in [1.807, 2.05) is 0 Å². The topological polar surface area (TPSA) is 88.8 Å². The summed E-state index contributed by atoms with van der Waals surface area (Å²) in [6.45, 7) is 1.09. The van der Waals surface area contributed by atoms with Crippen LogP contribution in [0.1, 0.15) is 6.92 Å². The molecule has 0 aliphatic carbocycles. The summed E-state index contributed by atoms with van der Waals surface area (Å²) < 4.78 is 4.15. The third kappa shape index (κ3) is 3.31. The molecule has 0 fully saturated rings. The SMILES string of the molecule is COC(=O)C(C#N)=NOC(C)=O. The second-order valence-electron chi connectivity index (χ2n) is 1.63. The number of rotatable bonds is 2. The maximum Gasteiger partial charge on any atom is 0.371 e. The molecule has 0 aromatic carbocycles. The van der Waals surface area contributed by atoms with E-state index < -0.39 is 17.7 Å². The molecule has 0 saturated carbocycles. The highest BCUT2D eigenvalue weighted by Crippen LogP contribution is 1.85. The molecule has 0 N–H and O–H groups in total. The van der Waals surface area contributed by atoms with Crippen LogP contribution in [-0.4, -0.2) is 24.8 Å². The van der Waals surface area contributed by atoms with Gasteiger partial charge in [0.05, 0.1) is 7.11 Å². The van der Waals surface area contributed by atoms with Gasteiger partial charge in [-0.1, -0.05) is 5.16 Å². The van der Waals surface area contributed by atoms with Crippen molar-refractivity contribution in [3.05, 3.63) is 0 Å². The predicted octanol–water partition coefficient (Wildman–Crippen LogP) is -0.398. The van der Waals surface area contributed by atoms with Gasteiger partial charge in [-0.15, -0.1) is 0 Å². The van der Waals surface area contributed by atoms with Gasteiger partial charge in [0.2, 0.25) is 0 Å². The second kappa shape index (κ2) is 4.85. The van der Waals surface area contributed by atoms with E-state index in [-0.39, 0.29) is 0 Å². The Bertz CT molecular complexity index is 263. The largest absolute Gasteiger partial charge is 0.464 e. The number of oxime groups is 1. The number of hydrogen-bond acceptors (Lipinski definition) is 6. The fourth-order valence-corrected chi connectivity index (χ4v) is 0.310. The molecule has 0 unspecified atom stereocenters. The first-order valence-corrected chi connectivity index (χ1v) is 2.85. The highest BCUT2D eigenvalue weighted by molar-refractivity contribution is 6.42. The summed E-state index contributed by atoms with van der Waals surface area (Å²) in [6.07, 6.45) is 0. The van der Waals surface area contributed by atoms with Crippen LogP contribution in [0.15, 0.2) is 5.16 Å². The number of carbonyl (C=O) groups excluding carboxylic acids is 2. The Morgan fingerprint density at radius 1 is 1.50 bits per heavy atom. The van der Waals surface area contributed by atoms with Crippen molar-refractivity contribution in [2.45, 2.75) is 6.92 Å². The van der Waals surface area contributed by atoms with Gasteiger partial charge < -0.3 is 9.57 Å². The molecular weight excluding hydrogens is 164 g/mol. The van der Waals surface area contributed by atoms with Crippen LogP contribution in [0.2, 0.25) is 0 Å². The molecule has 0 aliphatic heterocycles. The highest BCUT2D eigenvalue weighted by Gasteiger charge is 2.11. The monoisotopic (exact) mass is 170 g/mol. The first-order chi connectivity index (χ1) is 5.61. The van der Waals surface area contributed by atoms with Crippen molar-refractivity contribution >= 4 is 17.7 Å². The van der Waals surface area contributed by atoms with Crippen LogP contribution >= 0.6 is 0 Å². The highest BCUT2D eigenvalue weighted by atomic mass is 16.7. The number of nitrogens with zero attached hydrogens (tertiary/aromatic N) is 2. The molecule has 0 heterocycles. The molecular formula is C6H6N2O4. The summed E-state index contributed by atoms with van der Waals surface area (Å²) in [5.41, 5.74) is -0.604. The van der Waals surface area contributed by atoms with Crippen LogP contribution in [0.3, 0.4) is 0 Å². The summed E-state index contributed by atoms with van der Waals surface area (Å²) in [6, 6.07) is 1.41. The Kier molecular flexibility index (Phi) is 4.08. The average molecular weight is 170 g/mol. The second-order valence-corrected chi connectivity index (χ2v) is 1.63. The van der Waals surface area contributed by atoms with E-state index in [2.05, 4.69) is 14.7 Å². The van der Waals surface area contributed by atoms with Gasteiger partial charge in [-0.2, -0.15) is 5.26 Å². The van der Waals surface area contributed by atoms with Crippen LogP contribution in [-0.2, 0) is 19.2 Å². The molecule has 0 aromatic rings. The molecule has 0 saturated heterocycles. The molecule has 0 radical (unpaired) electrons. The van der Waals surface area contributed by atoms with Crippen molar-refractivity contribution in [1.29, 1.82) is 5.26 Å². The van der Waals surface area contributed by atoms with Gasteiger partial charge in [0, 0.05) is 6.92 Å². The first kappa shape index (κ1) is 10.1. The Hall–Kier alpha value is -1.90. The van der Waals surface area contributed by atoms with Gasteiger partial charge in [-0.3, -0.25) is 0 Å². The minimum Gasteiger partial charge on any atom is -0.464 e. The smallest absolute Gasteiger partial charge is 0.371 e.